The third-order valence-electron chi connectivity index (χ3n) is 5.73. The van der Waals surface area contributed by atoms with E-state index in [9.17, 15) is 9.59 Å². The lowest BCUT2D eigenvalue weighted by molar-refractivity contribution is 0.0945. The molecule has 0 spiro atoms. The van der Waals surface area contributed by atoms with Crippen molar-refractivity contribution in [3.63, 3.8) is 0 Å². The molecule has 1 fully saturated rings. The van der Waals surface area contributed by atoms with Crippen LogP contribution in [0.1, 0.15) is 20.7 Å². The highest BCUT2D eigenvalue weighted by molar-refractivity contribution is 8.04. The molecule has 1 saturated heterocycles. The Morgan fingerprint density at radius 3 is 1.74 bits per heavy atom. The van der Waals surface area contributed by atoms with Crippen LogP contribution in [0.2, 0.25) is 0 Å². The maximum absolute atomic E-state index is 13.5. The van der Waals surface area contributed by atoms with Crippen molar-refractivity contribution >= 4 is 29.0 Å². The average molecular weight is 427 g/mol. The summed E-state index contributed by atoms with van der Waals surface area (Å²) in [4.78, 5) is 32.9. The predicted octanol–water partition coefficient (Wildman–Crippen LogP) is 4.89. The number of carbonyl (C=O) groups excluding carboxylic acids is 2. The largest absolute Gasteiger partial charge is 0.368 e. The van der Waals surface area contributed by atoms with Gasteiger partial charge >= 0.3 is 0 Å². The van der Waals surface area contributed by atoms with Gasteiger partial charge in [-0.1, -0.05) is 72.4 Å². The Morgan fingerprint density at radius 1 is 0.581 bits per heavy atom. The molecule has 0 unspecified atom stereocenters. The zero-order valence-corrected chi connectivity index (χ0v) is 17.8. The molecule has 3 aromatic carbocycles. The van der Waals surface area contributed by atoms with Crippen LogP contribution in [0.15, 0.2) is 100 Å². The zero-order valence-electron chi connectivity index (χ0n) is 17.0. The van der Waals surface area contributed by atoms with Crippen LogP contribution in [0.5, 0.6) is 0 Å². The van der Waals surface area contributed by atoms with E-state index in [0.717, 1.165) is 18.0 Å². The molecule has 0 atom stereocenters. The van der Waals surface area contributed by atoms with Crippen LogP contribution in [0.25, 0.3) is 0 Å². The third kappa shape index (κ3) is 3.77. The fraction of sp³-hybridized carbons (Fsp3) is 0.154. The van der Waals surface area contributed by atoms with Crippen molar-refractivity contribution in [2.75, 3.05) is 31.1 Å². The van der Waals surface area contributed by atoms with E-state index < -0.39 is 0 Å². The van der Waals surface area contributed by atoms with Gasteiger partial charge in [0.2, 0.25) is 11.6 Å². The molecule has 31 heavy (non-hydrogen) atoms. The second-order valence-corrected chi connectivity index (χ2v) is 8.69. The average Bonchev–Trinajstić information content (AvgIpc) is 2.84. The highest BCUT2D eigenvalue weighted by Crippen LogP contribution is 2.38. The number of benzene rings is 3. The van der Waals surface area contributed by atoms with Gasteiger partial charge in [0.05, 0.1) is 4.91 Å². The number of Topliss-reactive ketones (excluding diaryl/α,β-unsaturated/α-hetero) is 2. The van der Waals surface area contributed by atoms with Gasteiger partial charge in [0.15, 0.2) is 0 Å². The predicted molar refractivity (Wildman–Crippen MR) is 125 cm³/mol. The van der Waals surface area contributed by atoms with Gasteiger partial charge < -0.3 is 9.80 Å². The summed E-state index contributed by atoms with van der Waals surface area (Å²) in [6.45, 7) is 3.01. The van der Waals surface area contributed by atoms with E-state index in [1.54, 1.807) is 12.1 Å². The van der Waals surface area contributed by atoms with E-state index in [4.69, 9.17) is 0 Å². The molecular formula is C26H22N2O2S. The second-order valence-electron chi connectivity index (χ2n) is 7.61. The smallest absolute Gasteiger partial charge is 0.211 e. The van der Waals surface area contributed by atoms with Crippen LogP contribution in [-0.2, 0) is 0 Å². The number of ketones is 2. The minimum absolute atomic E-state index is 0.0539. The lowest BCUT2D eigenvalue weighted by atomic mass is 9.91. The summed E-state index contributed by atoms with van der Waals surface area (Å²) >= 11 is 1.39. The summed E-state index contributed by atoms with van der Waals surface area (Å²) in [5, 5.41) is 0. The van der Waals surface area contributed by atoms with Crippen molar-refractivity contribution in [3.8, 4) is 0 Å². The standard InChI is InChI=1S/C26H22N2O2S/c29-24-21-13-7-8-14-22(21)25(30)26(31-20-11-5-2-6-12-20)23(24)28-17-15-27(16-18-28)19-9-3-1-4-10-19/h1-14H,15-18H2. The molecule has 0 radical (unpaired) electrons. The van der Waals surface area contributed by atoms with Gasteiger partial charge in [-0.25, -0.2) is 0 Å². The minimum atomic E-state index is -0.0652. The first-order chi connectivity index (χ1) is 15.2. The molecule has 1 aliphatic heterocycles. The van der Waals surface area contributed by atoms with E-state index in [1.807, 2.05) is 60.7 Å². The number of nitrogens with zero attached hydrogens (tertiary/aromatic N) is 2. The van der Waals surface area contributed by atoms with Crippen molar-refractivity contribution in [2.24, 2.45) is 0 Å². The molecule has 1 aliphatic carbocycles. The number of anilines is 1. The van der Waals surface area contributed by atoms with Crippen molar-refractivity contribution in [1.29, 1.82) is 0 Å². The van der Waals surface area contributed by atoms with Gasteiger partial charge in [-0.05, 0) is 24.3 Å². The van der Waals surface area contributed by atoms with Crippen LogP contribution >= 0.6 is 11.8 Å². The Hall–Kier alpha value is -3.31. The Kier molecular flexibility index (Phi) is 5.35. The molecule has 0 aromatic heterocycles. The maximum Gasteiger partial charge on any atom is 0.211 e. The quantitative estimate of drug-likeness (QED) is 0.594. The van der Waals surface area contributed by atoms with Gasteiger partial charge in [0.1, 0.15) is 5.70 Å². The number of allylic oxidation sites excluding steroid dienone is 2. The number of carbonyl (C=O) groups is 2. The minimum Gasteiger partial charge on any atom is -0.368 e. The highest BCUT2D eigenvalue weighted by atomic mass is 32.2. The van der Waals surface area contributed by atoms with Crippen LogP contribution in [-0.4, -0.2) is 42.6 Å². The van der Waals surface area contributed by atoms with Crippen molar-refractivity contribution in [3.05, 3.63) is 107 Å². The summed E-state index contributed by atoms with van der Waals surface area (Å²) in [6.07, 6.45) is 0. The third-order valence-corrected chi connectivity index (χ3v) is 6.82. The lowest BCUT2D eigenvalue weighted by Crippen LogP contribution is -2.48. The molecule has 3 aromatic rings. The second kappa shape index (κ2) is 8.44. The molecular weight excluding hydrogens is 404 g/mol. The van der Waals surface area contributed by atoms with Crippen LogP contribution < -0.4 is 4.90 Å². The SMILES string of the molecule is O=C1C(Sc2ccccc2)=C(N2CCN(c3ccccc3)CC2)C(=O)c2ccccc21. The molecule has 154 valence electrons. The van der Waals surface area contributed by atoms with E-state index in [0.29, 0.717) is 34.8 Å². The number of fused-ring (bicyclic) bond motifs is 1. The monoisotopic (exact) mass is 426 g/mol. The zero-order chi connectivity index (χ0) is 21.2. The summed E-state index contributed by atoms with van der Waals surface area (Å²) in [6, 6.07) is 27.3. The van der Waals surface area contributed by atoms with Crippen molar-refractivity contribution in [2.45, 2.75) is 4.90 Å². The lowest BCUT2D eigenvalue weighted by Gasteiger charge is -2.39. The highest BCUT2D eigenvalue weighted by Gasteiger charge is 2.36. The molecule has 0 bridgehead atoms. The molecule has 0 saturated carbocycles. The van der Waals surface area contributed by atoms with Gasteiger partial charge in [0, 0.05) is 47.9 Å². The first-order valence-corrected chi connectivity index (χ1v) is 11.2. The fourth-order valence-electron chi connectivity index (χ4n) is 4.16. The summed E-state index contributed by atoms with van der Waals surface area (Å²) < 4.78 is 0. The van der Waals surface area contributed by atoms with Crippen LogP contribution in [0.3, 0.4) is 0 Å². The van der Waals surface area contributed by atoms with Crippen LogP contribution in [0, 0.1) is 0 Å². The normalized spacial score (nSPS) is 16.5. The van der Waals surface area contributed by atoms with E-state index in [2.05, 4.69) is 21.9 Å². The molecule has 0 amide bonds. The number of thioether (sulfide) groups is 1. The van der Waals surface area contributed by atoms with Gasteiger partial charge in [-0.2, -0.15) is 0 Å². The number of hydrogen-bond acceptors (Lipinski definition) is 5. The van der Waals surface area contributed by atoms with Crippen molar-refractivity contribution in [1.82, 2.24) is 4.90 Å². The molecule has 5 rings (SSSR count). The first kappa shape index (κ1) is 19.6. The van der Waals surface area contributed by atoms with E-state index >= 15 is 0 Å². The Labute approximate surface area is 186 Å². The van der Waals surface area contributed by atoms with Crippen molar-refractivity contribution < 1.29 is 9.59 Å². The van der Waals surface area contributed by atoms with Gasteiger partial charge in [0.25, 0.3) is 0 Å². The first-order valence-electron chi connectivity index (χ1n) is 10.4. The number of para-hydroxylation sites is 1. The number of piperazine rings is 1. The van der Waals surface area contributed by atoms with Gasteiger partial charge in [-0.15, -0.1) is 0 Å². The number of hydrogen-bond donors (Lipinski definition) is 0. The topological polar surface area (TPSA) is 40.6 Å². The molecule has 1 heterocycles. The maximum atomic E-state index is 13.5. The summed E-state index contributed by atoms with van der Waals surface area (Å²) in [5.74, 6) is -0.119. The molecule has 4 nitrogen and oxygen atoms in total. The van der Waals surface area contributed by atoms with E-state index in [-0.39, 0.29) is 11.6 Å². The number of rotatable bonds is 4. The van der Waals surface area contributed by atoms with E-state index in [1.165, 1.54) is 17.4 Å². The summed E-state index contributed by atoms with van der Waals surface area (Å²) in [7, 11) is 0. The Morgan fingerprint density at radius 2 is 1.10 bits per heavy atom. The molecule has 5 heteroatoms. The molecule has 2 aliphatic rings. The fourth-order valence-corrected chi connectivity index (χ4v) is 5.21. The Balaban J connectivity index is 1.49. The molecule has 0 N–H and O–H groups in total. The van der Waals surface area contributed by atoms with Gasteiger partial charge in [-0.3, -0.25) is 9.59 Å². The summed E-state index contributed by atoms with van der Waals surface area (Å²) in [5.41, 5.74) is 2.74. The van der Waals surface area contributed by atoms with Crippen LogP contribution in [0.4, 0.5) is 5.69 Å². The Bertz CT molecular complexity index is 1150.